The van der Waals surface area contributed by atoms with Gasteiger partial charge in [0.15, 0.2) is 5.78 Å². The molecular formula is C17H22O. The van der Waals surface area contributed by atoms with Crippen LogP contribution in [0.3, 0.4) is 0 Å². The van der Waals surface area contributed by atoms with Crippen molar-refractivity contribution in [2.24, 2.45) is 0 Å². The molecule has 1 aromatic rings. The summed E-state index contributed by atoms with van der Waals surface area (Å²) in [5, 5.41) is 0. The van der Waals surface area contributed by atoms with Crippen molar-refractivity contribution in [3.63, 3.8) is 0 Å². The molecule has 0 spiro atoms. The van der Waals surface area contributed by atoms with E-state index >= 15 is 0 Å². The Hall–Kier alpha value is -1.37. The van der Waals surface area contributed by atoms with E-state index in [1.807, 2.05) is 24.3 Å². The van der Waals surface area contributed by atoms with Crippen molar-refractivity contribution >= 4 is 5.78 Å². The third-order valence-corrected chi connectivity index (χ3v) is 3.58. The van der Waals surface area contributed by atoms with E-state index < -0.39 is 0 Å². The van der Waals surface area contributed by atoms with Gasteiger partial charge in [-0.05, 0) is 49.8 Å². The van der Waals surface area contributed by atoms with Crippen molar-refractivity contribution in [1.82, 2.24) is 0 Å². The third kappa shape index (κ3) is 3.56. The van der Waals surface area contributed by atoms with Crippen LogP contribution in [-0.2, 0) is 6.42 Å². The second-order valence-electron chi connectivity index (χ2n) is 5.18. The maximum Gasteiger partial charge on any atom is 0.185 e. The summed E-state index contributed by atoms with van der Waals surface area (Å²) in [4.78, 5) is 12.2. The van der Waals surface area contributed by atoms with Crippen LogP contribution in [0.15, 0.2) is 35.9 Å². The third-order valence-electron chi connectivity index (χ3n) is 3.58. The van der Waals surface area contributed by atoms with Gasteiger partial charge >= 0.3 is 0 Å². The number of hydrogen-bond acceptors (Lipinski definition) is 1. The topological polar surface area (TPSA) is 17.1 Å². The van der Waals surface area contributed by atoms with Gasteiger partial charge in [-0.2, -0.15) is 0 Å². The normalized spacial score (nSPS) is 15.5. The Kier molecular flexibility index (Phi) is 4.74. The molecular weight excluding hydrogens is 220 g/mol. The zero-order chi connectivity index (χ0) is 12.8. The monoisotopic (exact) mass is 242 g/mol. The Morgan fingerprint density at radius 3 is 2.72 bits per heavy atom. The van der Waals surface area contributed by atoms with Gasteiger partial charge in [-0.25, -0.2) is 0 Å². The molecule has 1 saturated carbocycles. The molecule has 18 heavy (non-hydrogen) atoms. The SMILES string of the molecule is CCCc1cccc(C(=O)C=C2CCCCC2)c1. The average Bonchev–Trinajstić information content (AvgIpc) is 2.40. The van der Waals surface area contributed by atoms with Crippen LogP contribution < -0.4 is 0 Å². The molecule has 0 aromatic heterocycles. The van der Waals surface area contributed by atoms with Crippen molar-refractivity contribution in [1.29, 1.82) is 0 Å². The number of hydrogen-bond donors (Lipinski definition) is 0. The van der Waals surface area contributed by atoms with Crippen LogP contribution in [0.4, 0.5) is 0 Å². The van der Waals surface area contributed by atoms with E-state index in [0.717, 1.165) is 31.2 Å². The Morgan fingerprint density at radius 2 is 2.00 bits per heavy atom. The van der Waals surface area contributed by atoms with Gasteiger partial charge in [0.1, 0.15) is 0 Å². The Morgan fingerprint density at radius 1 is 1.22 bits per heavy atom. The highest BCUT2D eigenvalue weighted by atomic mass is 16.1. The van der Waals surface area contributed by atoms with Crippen LogP contribution in [0.1, 0.15) is 61.4 Å². The van der Waals surface area contributed by atoms with Gasteiger partial charge in [0, 0.05) is 5.56 Å². The minimum Gasteiger partial charge on any atom is -0.289 e. The summed E-state index contributed by atoms with van der Waals surface area (Å²) in [6.45, 7) is 2.17. The predicted octanol–water partition coefficient (Wildman–Crippen LogP) is 4.71. The van der Waals surface area contributed by atoms with Crippen LogP contribution in [0, 0.1) is 0 Å². The summed E-state index contributed by atoms with van der Waals surface area (Å²) in [6.07, 6.45) is 10.1. The van der Waals surface area contributed by atoms with Gasteiger partial charge in [-0.3, -0.25) is 4.79 Å². The van der Waals surface area contributed by atoms with Crippen molar-refractivity contribution in [3.8, 4) is 0 Å². The fourth-order valence-electron chi connectivity index (χ4n) is 2.59. The minimum absolute atomic E-state index is 0.185. The molecule has 1 aliphatic rings. The highest BCUT2D eigenvalue weighted by Crippen LogP contribution is 2.23. The standard InChI is InChI=1S/C17H22O/c1-2-7-14-10-6-11-16(12-14)17(18)13-15-8-4-3-5-9-15/h6,10-13H,2-5,7-9H2,1H3. The summed E-state index contributed by atoms with van der Waals surface area (Å²) >= 11 is 0. The molecule has 0 heterocycles. The Bertz CT molecular complexity index is 435. The van der Waals surface area contributed by atoms with Crippen LogP contribution >= 0.6 is 0 Å². The van der Waals surface area contributed by atoms with E-state index in [2.05, 4.69) is 13.0 Å². The molecule has 0 atom stereocenters. The van der Waals surface area contributed by atoms with Crippen LogP contribution in [0.25, 0.3) is 0 Å². The minimum atomic E-state index is 0.185. The molecule has 0 saturated heterocycles. The second-order valence-corrected chi connectivity index (χ2v) is 5.18. The number of aryl methyl sites for hydroxylation is 1. The van der Waals surface area contributed by atoms with Gasteiger partial charge in [-0.15, -0.1) is 0 Å². The number of rotatable bonds is 4. The van der Waals surface area contributed by atoms with Gasteiger partial charge < -0.3 is 0 Å². The van der Waals surface area contributed by atoms with Crippen molar-refractivity contribution < 1.29 is 4.79 Å². The molecule has 2 rings (SSSR count). The first kappa shape index (κ1) is 13.1. The van der Waals surface area contributed by atoms with Crippen molar-refractivity contribution in [2.45, 2.75) is 51.9 Å². The molecule has 0 bridgehead atoms. The lowest BCUT2D eigenvalue weighted by Gasteiger charge is -2.13. The molecule has 0 radical (unpaired) electrons. The fraction of sp³-hybridized carbons (Fsp3) is 0.471. The molecule has 1 aliphatic carbocycles. The molecule has 1 heteroatoms. The molecule has 1 fully saturated rings. The zero-order valence-corrected chi connectivity index (χ0v) is 11.2. The van der Waals surface area contributed by atoms with E-state index in [1.165, 1.54) is 30.4 Å². The Balaban J connectivity index is 2.10. The van der Waals surface area contributed by atoms with Gasteiger partial charge in [0.05, 0.1) is 0 Å². The molecule has 0 unspecified atom stereocenters. The number of carbonyl (C=O) groups excluding carboxylic acids is 1. The number of allylic oxidation sites excluding steroid dienone is 2. The molecule has 1 aromatic carbocycles. The highest BCUT2D eigenvalue weighted by molar-refractivity contribution is 6.05. The van der Waals surface area contributed by atoms with E-state index in [-0.39, 0.29) is 5.78 Å². The molecule has 0 amide bonds. The van der Waals surface area contributed by atoms with E-state index in [4.69, 9.17) is 0 Å². The lowest BCUT2D eigenvalue weighted by Crippen LogP contribution is -2.01. The summed E-state index contributed by atoms with van der Waals surface area (Å²) < 4.78 is 0. The van der Waals surface area contributed by atoms with E-state index in [1.54, 1.807) is 0 Å². The average molecular weight is 242 g/mol. The second kappa shape index (κ2) is 6.53. The van der Waals surface area contributed by atoms with Crippen LogP contribution in [0.5, 0.6) is 0 Å². The maximum atomic E-state index is 12.2. The maximum absolute atomic E-state index is 12.2. The lowest BCUT2D eigenvalue weighted by molar-refractivity contribution is 0.104. The van der Waals surface area contributed by atoms with Crippen molar-refractivity contribution in [2.75, 3.05) is 0 Å². The first-order valence-corrected chi connectivity index (χ1v) is 7.12. The number of ketones is 1. The van der Waals surface area contributed by atoms with E-state index in [0.29, 0.717) is 0 Å². The van der Waals surface area contributed by atoms with E-state index in [9.17, 15) is 4.79 Å². The Labute approximate surface area is 110 Å². The van der Waals surface area contributed by atoms with Crippen LogP contribution in [-0.4, -0.2) is 5.78 Å². The largest absolute Gasteiger partial charge is 0.289 e. The number of carbonyl (C=O) groups is 1. The number of benzene rings is 1. The summed E-state index contributed by atoms with van der Waals surface area (Å²) in [5.74, 6) is 0.185. The molecule has 1 nitrogen and oxygen atoms in total. The molecule has 0 N–H and O–H groups in total. The smallest absolute Gasteiger partial charge is 0.185 e. The highest BCUT2D eigenvalue weighted by Gasteiger charge is 2.09. The summed E-state index contributed by atoms with van der Waals surface area (Å²) in [7, 11) is 0. The predicted molar refractivity (Wildman–Crippen MR) is 75.9 cm³/mol. The van der Waals surface area contributed by atoms with Crippen LogP contribution in [0.2, 0.25) is 0 Å². The quantitative estimate of drug-likeness (QED) is 0.552. The first-order valence-electron chi connectivity index (χ1n) is 7.12. The van der Waals surface area contributed by atoms with Crippen molar-refractivity contribution in [3.05, 3.63) is 47.0 Å². The summed E-state index contributed by atoms with van der Waals surface area (Å²) in [6, 6.07) is 8.08. The molecule has 0 aliphatic heterocycles. The zero-order valence-electron chi connectivity index (χ0n) is 11.2. The lowest BCUT2D eigenvalue weighted by atomic mass is 9.93. The first-order chi connectivity index (χ1) is 8.79. The van der Waals surface area contributed by atoms with Gasteiger partial charge in [0.2, 0.25) is 0 Å². The summed E-state index contributed by atoms with van der Waals surface area (Å²) in [5.41, 5.74) is 3.46. The van der Waals surface area contributed by atoms with Gasteiger partial charge in [0.25, 0.3) is 0 Å². The fourth-order valence-corrected chi connectivity index (χ4v) is 2.59. The van der Waals surface area contributed by atoms with Gasteiger partial charge in [-0.1, -0.05) is 43.5 Å². The molecule has 96 valence electrons.